The van der Waals surface area contributed by atoms with Crippen molar-refractivity contribution in [3.05, 3.63) is 23.9 Å². The molecule has 1 aromatic rings. The zero-order chi connectivity index (χ0) is 13.8. The average molecular weight is 263 g/mol. The van der Waals surface area contributed by atoms with Crippen molar-refractivity contribution in [2.75, 3.05) is 19.0 Å². The molecule has 2 heterocycles. The molecule has 0 bridgehead atoms. The second-order valence-corrected chi connectivity index (χ2v) is 4.53. The van der Waals surface area contributed by atoms with Crippen LogP contribution in [-0.2, 0) is 4.79 Å². The quantitative estimate of drug-likeness (QED) is 0.514. The van der Waals surface area contributed by atoms with Gasteiger partial charge in [0.25, 0.3) is 5.91 Å². The van der Waals surface area contributed by atoms with E-state index in [1.165, 1.54) is 0 Å². The number of likely N-dealkylation sites (N-methyl/N-ethyl adjacent to an activating group) is 1. The van der Waals surface area contributed by atoms with Gasteiger partial charge in [-0.25, -0.2) is 10.8 Å². The molecule has 1 aliphatic rings. The number of hydrogen-bond donors (Lipinski definition) is 3. The number of nitrogen functional groups attached to an aromatic ring is 1. The Morgan fingerprint density at radius 2 is 2.37 bits per heavy atom. The van der Waals surface area contributed by atoms with Gasteiger partial charge in [0.05, 0.1) is 5.56 Å². The minimum atomic E-state index is -0.242. The van der Waals surface area contributed by atoms with Gasteiger partial charge in [0.1, 0.15) is 0 Å². The molecular weight excluding hydrogens is 246 g/mol. The van der Waals surface area contributed by atoms with Gasteiger partial charge in [0.2, 0.25) is 5.91 Å². The molecule has 2 rings (SSSR count). The molecule has 0 aliphatic carbocycles. The molecule has 7 nitrogen and oxygen atoms in total. The van der Waals surface area contributed by atoms with Crippen LogP contribution in [0.1, 0.15) is 23.2 Å². The van der Waals surface area contributed by atoms with Gasteiger partial charge in [-0.15, -0.1) is 0 Å². The van der Waals surface area contributed by atoms with Crippen LogP contribution in [0.3, 0.4) is 0 Å². The van der Waals surface area contributed by atoms with Crippen molar-refractivity contribution in [2.24, 2.45) is 5.84 Å². The molecule has 19 heavy (non-hydrogen) atoms. The molecule has 1 saturated heterocycles. The van der Waals surface area contributed by atoms with E-state index in [0.717, 1.165) is 0 Å². The first-order chi connectivity index (χ1) is 9.11. The van der Waals surface area contributed by atoms with E-state index in [1.807, 2.05) is 0 Å². The number of hydrogen-bond acceptors (Lipinski definition) is 5. The van der Waals surface area contributed by atoms with E-state index in [4.69, 9.17) is 5.84 Å². The number of pyridine rings is 1. The molecule has 4 N–H and O–H groups in total. The average Bonchev–Trinajstić information content (AvgIpc) is 2.43. The van der Waals surface area contributed by atoms with E-state index in [9.17, 15) is 9.59 Å². The third kappa shape index (κ3) is 3.00. The zero-order valence-corrected chi connectivity index (χ0v) is 10.7. The number of amides is 2. The summed E-state index contributed by atoms with van der Waals surface area (Å²) in [5.41, 5.74) is 2.79. The van der Waals surface area contributed by atoms with Crippen molar-refractivity contribution in [3.63, 3.8) is 0 Å². The van der Waals surface area contributed by atoms with Crippen molar-refractivity contribution in [1.82, 2.24) is 15.2 Å². The van der Waals surface area contributed by atoms with Crippen LogP contribution in [0.15, 0.2) is 18.3 Å². The highest BCUT2D eigenvalue weighted by Crippen LogP contribution is 2.13. The second kappa shape index (κ2) is 5.66. The predicted octanol–water partition coefficient (Wildman–Crippen LogP) is -0.282. The number of nitrogens with zero attached hydrogens (tertiary/aromatic N) is 2. The first-order valence-corrected chi connectivity index (χ1v) is 6.08. The normalized spacial score (nSPS) is 19.2. The fraction of sp³-hybridized carbons (Fsp3) is 0.417. The summed E-state index contributed by atoms with van der Waals surface area (Å²) in [5, 5.41) is 2.89. The molecule has 2 amide bonds. The lowest BCUT2D eigenvalue weighted by Crippen LogP contribution is -2.48. The van der Waals surface area contributed by atoms with Crippen molar-refractivity contribution in [3.8, 4) is 0 Å². The predicted molar refractivity (Wildman–Crippen MR) is 70.2 cm³/mol. The van der Waals surface area contributed by atoms with Crippen LogP contribution in [0, 0.1) is 0 Å². The molecule has 0 spiro atoms. The molecule has 0 saturated carbocycles. The topological polar surface area (TPSA) is 100 Å². The third-order valence-electron chi connectivity index (χ3n) is 3.15. The van der Waals surface area contributed by atoms with Crippen LogP contribution in [0.25, 0.3) is 0 Å². The number of likely N-dealkylation sites (tertiary alicyclic amines) is 1. The maximum Gasteiger partial charge on any atom is 0.255 e. The summed E-state index contributed by atoms with van der Waals surface area (Å²) in [5.74, 6) is 5.52. The molecule has 102 valence electrons. The van der Waals surface area contributed by atoms with Crippen molar-refractivity contribution in [2.45, 2.75) is 18.9 Å². The lowest BCUT2D eigenvalue weighted by molar-refractivity contribution is -0.132. The van der Waals surface area contributed by atoms with Gasteiger partial charge >= 0.3 is 0 Å². The number of nitrogens with two attached hydrogens (primary N) is 1. The number of anilines is 1. The summed E-state index contributed by atoms with van der Waals surface area (Å²) < 4.78 is 0. The van der Waals surface area contributed by atoms with E-state index >= 15 is 0 Å². The zero-order valence-electron chi connectivity index (χ0n) is 10.7. The van der Waals surface area contributed by atoms with E-state index in [1.54, 1.807) is 30.3 Å². The van der Waals surface area contributed by atoms with Gasteiger partial charge in [-0.05, 0) is 18.6 Å². The monoisotopic (exact) mass is 263 g/mol. The fourth-order valence-corrected chi connectivity index (χ4v) is 2.10. The van der Waals surface area contributed by atoms with Crippen LogP contribution in [0.2, 0.25) is 0 Å². The van der Waals surface area contributed by atoms with Gasteiger partial charge in [0, 0.05) is 32.3 Å². The number of piperidine rings is 1. The second-order valence-electron chi connectivity index (χ2n) is 4.53. The third-order valence-corrected chi connectivity index (χ3v) is 3.15. The summed E-state index contributed by atoms with van der Waals surface area (Å²) in [7, 11) is 1.73. The van der Waals surface area contributed by atoms with Crippen molar-refractivity contribution in [1.29, 1.82) is 0 Å². The van der Waals surface area contributed by atoms with Gasteiger partial charge in [-0.1, -0.05) is 0 Å². The molecular formula is C12H17N5O2. The lowest BCUT2D eigenvalue weighted by Gasteiger charge is -2.30. The van der Waals surface area contributed by atoms with Gasteiger partial charge < -0.3 is 15.6 Å². The Labute approximate surface area is 111 Å². The van der Waals surface area contributed by atoms with E-state index in [-0.39, 0.29) is 17.9 Å². The minimum Gasteiger partial charge on any atom is -0.347 e. The smallest absolute Gasteiger partial charge is 0.255 e. The largest absolute Gasteiger partial charge is 0.347 e. The Bertz CT molecular complexity index is 491. The maximum absolute atomic E-state index is 12.1. The molecule has 1 unspecified atom stereocenters. The number of carbonyl (C=O) groups is 2. The van der Waals surface area contributed by atoms with Crippen LogP contribution < -0.4 is 16.6 Å². The van der Waals surface area contributed by atoms with Crippen LogP contribution in [-0.4, -0.2) is 41.3 Å². The highest BCUT2D eigenvalue weighted by molar-refractivity contribution is 5.98. The SMILES string of the molecule is CN1CC(NC(=O)c2cccnc2NN)CCC1=O. The van der Waals surface area contributed by atoms with Crippen molar-refractivity contribution < 1.29 is 9.59 Å². The highest BCUT2D eigenvalue weighted by Gasteiger charge is 2.25. The standard InChI is InChI=1S/C12H17N5O2/c1-17-7-8(4-5-10(17)18)15-12(19)9-3-2-6-14-11(9)16-13/h2-3,6,8H,4-5,7,13H2,1H3,(H,14,16)(H,15,19). The highest BCUT2D eigenvalue weighted by atomic mass is 16.2. The Balaban J connectivity index is 2.03. The summed E-state index contributed by atoms with van der Waals surface area (Å²) in [4.78, 5) is 29.1. The number of carbonyl (C=O) groups excluding carboxylic acids is 2. The molecule has 0 aromatic carbocycles. The number of aromatic nitrogens is 1. The summed E-state index contributed by atoms with van der Waals surface area (Å²) in [6, 6.07) is 3.28. The van der Waals surface area contributed by atoms with E-state index in [2.05, 4.69) is 15.7 Å². The van der Waals surface area contributed by atoms with Gasteiger partial charge in [-0.3, -0.25) is 9.59 Å². The number of rotatable bonds is 3. The molecule has 0 radical (unpaired) electrons. The lowest BCUT2D eigenvalue weighted by atomic mass is 10.1. The Morgan fingerprint density at radius 1 is 1.58 bits per heavy atom. The summed E-state index contributed by atoms with van der Waals surface area (Å²) in [6.07, 6.45) is 2.66. The van der Waals surface area contributed by atoms with Crippen LogP contribution >= 0.6 is 0 Å². The van der Waals surface area contributed by atoms with Gasteiger partial charge in [-0.2, -0.15) is 0 Å². The van der Waals surface area contributed by atoms with E-state index in [0.29, 0.717) is 30.8 Å². The van der Waals surface area contributed by atoms with E-state index < -0.39 is 0 Å². The fourth-order valence-electron chi connectivity index (χ4n) is 2.10. The molecule has 1 aliphatic heterocycles. The molecule has 1 aromatic heterocycles. The summed E-state index contributed by atoms with van der Waals surface area (Å²) >= 11 is 0. The van der Waals surface area contributed by atoms with Gasteiger partial charge in [0.15, 0.2) is 5.82 Å². The Morgan fingerprint density at radius 3 is 3.05 bits per heavy atom. The first-order valence-electron chi connectivity index (χ1n) is 6.08. The van der Waals surface area contributed by atoms with Crippen molar-refractivity contribution >= 4 is 17.6 Å². The Hall–Kier alpha value is -2.15. The van der Waals surface area contributed by atoms with Crippen LogP contribution in [0.4, 0.5) is 5.82 Å². The van der Waals surface area contributed by atoms with Crippen LogP contribution in [0.5, 0.6) is 0 Å². The molecule has 7 heteroatoms. The number of hydrazine groups is 1. The number of nitrogens with one attached hydrogen (secondary N) is 2. The summed E-state index contributed by atoms with van der Waals surface area (Å²) in [6.45, 7) is 0.524. The molecule has 1 atom stereocenters. The maximum atomic E-state index is 12.1. The molecule has 1 fully saturated rings. The Kier molecular flexibility index (Phi) is 3.96. The first kappa shape index (κ1) is 13.3. The minimum absolute atomic E-state index is 0.0407.